The number of aromatic nitrogens is 1. The predicted molar refractivity (Wildman–Crippen MR) is 82.1 cm³/mol. The maximum absolute atomic E-state index is 12.1. The number of hydrogen-bond donors (Lipinski definition) is 1. The van der Waals surface area contributed by atoms with Crippen LogP contribution in [0.3, 0.4) is 0 Å². The van der Waals surface area contributed by atoms with Crippen LogP contribution in [0.2, 0.25) is 0 Å². The van der Waals surface area contributed by atoms with E-state index < -0.39 is 5.97 Å². The first-order valence-corrected chi connectivity index (χ1v) is 7.67. The minimum atomic E-state index is -0.445. The summed E-state index contributed by atoms with van der Waals surface area (Å²) >= 11 is 1.64. The molecule has 0 bridgehead atoms. The summed E-state index contributed by atoms with van der Waals surface area (Å²) in [4.78, 5) is 28.9. The maximum atomic E-state index is 12.1. The number of nitrogens with zero attached hydrogens (tertiary/aromatic N) is 1. The minimum Gasteiger partial charge on any atom is -0.469 e. The fourth-order valence-corrected chi connectivity index (χ4v) is 3.01. The number of aryl methyl sites for hydroxylation is 2. The van der Waals surface area contributed by atoms with Gasteiger partial charge in [0.05, 0.1) is 29.6 Å². The molecule has 0 saturated heterocycles. The molecule has 7 heteroatoms. The summed E-state index contributed by atoms with van der Waals surface area (Å²) in [5.74, 6) is -0.388. The monoisotopic (exact) mass is 322 g/mol. The molecule has 1 amide bonds. The smallest absolute Gasteiger partial charge is 0.313 e. The molecule has 0 aliphatic rings. The molecule has 2 rings (SSSR count). The Kier molecular flexibility index (Phi) is 5.32. The molecular weight excluding hydrogens is 304 g/mol. The molecule has 2 aromatic heterocycles. The van der Waals surface area contributed by atoms with Crippen molar-refractivity contribution in [1.29, 1.82) is 0 Å². The Balaban J connectivity index is 1.91. The molecule has 0 aliphatic carbocycles. The van der Waals surface area contributed by atoms with Crippen LogP contribution in [-0.2, 0) is 22.4 Å². The molecule has 0 aliphatic heterocycles. The lowest BCUT2D eigenvalue weighted by Gasteiger charge is -2.05. The Morgan fingerprint density at radius 3 is 2.82 bits per heavy atom. The van der Waals surface area contributed by atoms with E-state index in [0.717, 1.165) is 17.1 Å². The Morgan fingerprint density at radius 2 is 2.18 bits per heavy atom. The van der Waals surface area contributed by atoms with Gasteiger partial charge in [-0.3, -0.25) is 9.59 Å². The van der Waals surface area contributed by atoms with Crippen molar-refractivity contribution in [3.63, 3.8) is 0 Å². The van der Waals surface area contributed by atoms with Gasteiger partial charge in [0.25, 0.3) is 5.91 Å². The van der Waals surface area contributed by atoms with Gasteiger partial charge >= 0.3 is 5.97 Å². The Morgan fingerprint density at radius 1 is 1.41 bits per heavy atom. The summed E-state index contributed by atoms with van der Waals surface area (Å²) in [7, 11) is 1.30. The van der Waals surface area contributed by atoms with E-state index >= 15 is 0 Å². The van der Waals surface area contributed by atoms with Crippen molar-refractivity contribution in [3.05, 3.63) is 39.2 Å². The van der Waals surface area contributed by atoms with Gasteiger partial charge in [0.15, 0.2) is 0 Å². The highest BCUT2D eigenvalue weighted by Crippen LogP contribution is 2.17. The lowest BCUT2D eigenvalue weighted by molar-refractivity contribution is -0.140. The number of carbonyl (C=O) groups excluding carboxylic acids is 2. The first-order valence-electron chi connectivity index (χ1n) is 6.85. The van der Waals surface area contributed by atoms with Gasteiger partial charge in [-0.05, 0) is 19.9 Å². The van der Waals surface area contributed by atoms with E-state index in [9.17, 15) is 9.59 Å². The van der Waals surface area contributed by atoms with Crippen molar-refractivity contribution in [3.8, 4) is 0 Å². The van der Waals surface area contributed by atoms with Gasteiger partial charge in [-0.15, -0.1) is 11.3 Å². The first-order chi connectivity index (χ1) is 10.5. The fraction of sp³-hybridized carbons (Fsp3) is 0.400. The van der Waals surface area contributed by atoms with E-state index in [1.807, 2.05) is 13.8 Å². The van der Waals surface area contributed by atoms with Crippen LogP contribution in [0.5, 0.6) is 0 Å². The number of furan rings is 1. The van der Waals surface area contributed by atoms with Crippen LogP contribution in [0.25, 0.3) is 0 Å². The highest BCUT2D eigenvalue weighted by Gasteiger charge is 2.17. The SMILES string of the molecule is COC(=O)Cc1occc1C(=O)NCCc1sc(C)nc1C. The molecule has 0 unspecified atom stereocenters. The van der Waals surface area contributed by atoms with Crippen molar-refractivity contribution < 1.29 is 18.7 Å². The van der Waals surface area contributed by atoms with Gasteiger partial charge < -0.3 is 14.5 Å². The standard InChI is InChI=1S/C15H18N2O4S/c1-9-13(22-10(2)17-9)4-6-16-15(19)11-5-7-21-12(11)8-14(18)20-3/h5,7H,4,6,8H2,1-3H3,(H,16,19). The number of amides is 1. The van der Waals surface area contributed by atoms with Crippen LogP contribution in [0.1, 0.15) is 31.7 Å². The normalized spacial score (nSPS) is 10.5. The van der Waals surface area contributed by atoms with Gasteiger partial charge in [-0.1, -0.05) is 0 Å². The molecule has 118 valence electrons. The zero-order chi connectivity index (χ0) is 16.1. The summed E-state index contributed by atoms with van der Waals surface area (Å²) in [5.41, 5.74) is 1.37. The fourth-order valence-electron chi connectivity index (χ4n) is 2.07. The van der Waals surface area contributed by atoms with Crippen molar-refractivity contribution in [2.75, 3.05) is 13.7 Å². The molecule has 0 atom stereocenters. The van der Waals surface area contributed by atoms with E-state index in [1.165, 1.54) is 18.3 Å². The van der Waals surface area contributed by atoms with Crippen LogP contribution >= 0.6 is 11.3 Å². The molecular formula is C15H18N2O4S. The minimum absolute atomic E-state index is 0.0561. The average Bonchev–Trinajstić information content (AvgIpc) is 3.05. The van der Waals surface area contributed by atoms with Crippen LogP contribution in [0, 0.1) is 13.8 Å². The van der Waals surface area contributed by atoms with E-state index in [4.69, 9.17) is 4.42 Å². The Bertz CT molecular complexity index is 675. The predicted octanol–water partition coefficient (Wildman–Crippen LogP) is 2.04. The van der Waals surface area contributed by atoms with Crippen molar-refractivity contribution in [2.24, 2.45) is 0 Å². The number of ether oxygens (including phenoxy) is 1. The number of methoxy groups -OCH3 is 1. The molecule has 0 spiro atoms. The summed E-state index contributed by atoms with van der Waals surface area (Å²) in [6.45, 7) is 4.43. The number of thiazole rings is 1. The van der Waals surface area contributed by atoms with E-state index in [1.54, 1.807) is 17.4 Å². The molecule has 2 aromatic rings. The second-order valence-corrected chi connectivity index (χ2v) is 6.05. The summed E-state index contributed by atoms with van der Waals surface area (Å²) in [6.07, 6.45) is 2.07. The van der Waals surface area contributed by atoms with Gasteiger partial charge in [0, 0.05) is 17.8 Å². The molecule has 6 nitrogen and oxygen atoms in total. The quantitative estimate of drug-likeness (QED) is 0.823. The summed E-state index contributed by atoms with van der Waals surface area (Å²) in [6, 6.07) is 1.55. The number of esters is 1. The molecule has 0 fully saturated rings. The van der Waals surface area contributed by atoms with Crippen LogP contribution in [0.15, 0.2) is 16.7 Å². The van der Waals surface area contributed by atoms with E-state index in [2.05, 4.69) is 15.0 Å². The third kappa shape index (κ3) is 3.94. The first kappa shape index (κ1) is 16.2. The topological polar surface area (TPSA) is 81.4 Å². The van der Waals surface area contributed by atoms with Gasteiger partial charge in [0.1, 0.15) is 12.2 Å². The summed E-state index contributed by atoms with van der Waals surface area (Å²) < 4.78 is 9.75. The lowest BCUT2D eigenvalue weighted by atomic mass is 10.2. The van der Waals surface area contributed by atoms with Crippen LogP contribution in [0.4, 0.5) is 0 Å². The molecule has 0 aromatic carbocycles. The Hall–Kier alpha value is -2.15. The molecule has 22 heavy (non-hydrogen) atoms. The third-order valence-electron chi connectivity index (χ3n) is 3.16. The van der Waals surface area contributed by atoms with E-state index in [0.29, 0.717) is 17.9 Å². The highest BCUT2D eigenvalue weighted by atomic mass is 32.1. The van der Waals surface area contributed by atoms with Gasteiger partial charge in [-0.2, -0.15) is 0 Å². The second-order valence-electron chi connectivity index (χ2n) is 4.76. The van der Waals surface area contributed by atoms with Crippen molar-refractivity contribution in [2.45, 2.75) is 26.7 Å². The maximum Gasteiger partial charge on any atom is 0.313 e. The van der Waals surface area contributed by atoms with Crippen molar-refractivity contribution >= 4 is 23.2 Å². The molecule has 0 saturated carbocycles. The number of rotatable bonds is 6. The summed E-state index contributed by atoms with van der Waals surface area (Å²) in [5, 5.41) is 3.85. The number of nitrogens with one attached hydrogen (secondary N) is 1. The Labute approximate surface area is 132 Å². The molecule has 1 N–H and O–H groups in total. The van der Waals surface area contributed by atoms with Gasteiger partial charge in [0.2, 0.25) is 0 Å². The zero-order valence-corrected chi connectivity index (χ0v) is 13.6. The van der Waals surface area contributed by atoms with Gasteiger partial charge in [-0.25, -0.2) is 4.98 Å². The highest BCUT2D eigenvalue weighted by molar-refractivity contribution is 7.11. The van der Waals surface area contributed by atoms with E-state index in [-0.39, 0.29) is 12.3 Å². The molecule has 0 radical (unpaired) electrons. The average molecular weight is 322 g/mol. The van der Waals surface area contributed by atoms with Crippen LogP contribution in [-0.4, -0.2) is 30.5 Å². The van der Waals surface area contributed by atoms with Crippen LogP contribution < -0.4 is 5.32 Å². The lowest BCUT2D eigenvalue weighted by Crippen LogP contribution is -2.26. The van der Waals surface area contributed by atoms with Crippen molar-refractivity contribution in [1.82, 2.24) is 10.3 Å². The second kappa shape index (κ2) is 7.22. The number of carbonyl (C=O) groups is 2. The largest absolute Gasteiger partial charge is 0.469 e. The zero-order valence-electron chi connectivity index (χ0n) is 12.8. The third-order valence-corrected chi connectivity index (χ3v) is 4.29. The molecule has 2 heterocycles. The number of hydrogen-bond acceptors (Lipinski definition) is 6.